The van der Waals surface area contributed by atoms with Crippen molar-refractivity contribution in [2.24, 2.45) is 0 Å². The Hall–Kier alpha value is -4.76. The number of halogens is 2. The molecule has 4 aromatic rings. The summed E-state index contributed by atoms with van der Waals surface area (Å²) in [5.41, 5.74) is 1.83. The zero-order chi connectivity index (χ0) is 31.1. The van der Waals surface area contributed by atoms with E-state index >= 15 is 0 Å². The Labute approximate surface area is 255 Å². The molecule has 0 saturated heterocycles. The maximum atomic E-state index is 13.8. The largest absolute Gasteiger partial charge is 0.493 e. The SMILES string of the molecule is COc1ccc(NC(=O)Nc2ccc(OC(c3ccc(F)cc3)c3cccc(Cl)c3)c(C(=O)NC(C)(C)C)c2)cc1OC. The number of nitrogens with one attached hydrogen (secondary N) is 3. The topological polar surface area (TPSA) is 97.9 Å². The number of rotatable bonds is 9. The number of anilines is 2. The van der Waals surface area contributed by atoms with Gasteiger partial charge in [0.2, 0.25) is 0 Å². The molecule has 0 radical (unpaired) electrons. The fourth-order valence-corrected chi connectivity index (χ4v) is 4.46. The first-order valence-corrected chi connectivity index (χ1v) is 13.8. The molecule has 0 aliphatic carbocycles. The Morgan fingerprint density at radius 3 is 2.00 bits per heavy atom. The molecule has 43 heavy (non-hydrogen) atoms. The minimum atomic E-state index is -0.715. The van der Waals surface area contributed by atoms with Gasteiger partial charge >= 0.3 is 6.03 Å². The van der Waals surface area contributed by atoms with E-state index in [-0.39, 0.29) is 17.1 Å². The van der Waals surface area contributed by atoms with Gasteiger partial charge in [0.1, 0.15) is 17.7 Å². The molecular formula is C33H33ClFN3O5. The number of ether oxygens (including phenoxy) is 3. The first-order chi connectivity index (χ1) is 20.5. The first kappa shape index (κ1) is 31.2. The number of amides is 3. The van der Waals surface area contributed by atoms with Gasteiger partial charge in [0, 0.05) is 28.0 Å². The molecule has 0 fully saturated rings. The molecule has 3 N–H and O–H groups in total. The molecule has 10 heteroatoms. The highest BCUT2D eigenvalue weighted by atomic mass is 35.5. The van der Waals surface area contributed by atoms with Crippen molar-refractivity contribution in [2.45, 2.75) is 32.4 Å². The van der Waals surface area contributed by atoms with E-state index in [2.05, 4.69) is 16.0 Å². The third-order valence-corrected chi connectivity index (χ3v) is 6.42. The molecule has 0 aliphatic rings. The molecule has 0 aromatic heterocycles. The summed E-state index contributed by atoms with van der Waals surface area (Å²) in [7, 11) is 3.03. The third-order valence-electron chi connectivity index (χ3n) is 6.18. The lowest BCUT2D eigenvalue weighted by molar-refractivity contribution is 0.0913. The van der Waals surface area contributed by atoms with Gasteiger partial charge in [0.05, 0.1) is 19.8 Å². The van der Waals surface area contributed by atoms with Crippen molar-refractivity contribution in [3.05, 3.63) is 112 Å². The highest BCUT2D eigenvalue weighted by Gasteiger charge is 2.24. The molecule has 3 amide bonds. The van der Waals surface area contributed by atoms with Crippen LogP contribution in [-0.4, -0.2) is 31.7 Å². The minimum Gasteiger partial charge on any atom is -0.493 e. The van der Waals surface area contributed by atoms with Gasteiger partial charge < -0.3 is 30.2 Å². The summed E-state index contributed by atoms with van der Waals surface area (Å²) in [6.45, 7) is 5.58. The lowest BCUT2D eigenvalue weighted by atomic mass is 10.0. The van der Waals surface area contributed by atoms with Crippen LogP contribution in [0.1, 0.15) is 48.4 Å². The van der Waals surface area contributed by atoms with Crippen LogP contribution in [0.3, 0.4) is 0 Å². The zero-order valence-electron chi connectivity index (χ0n) is 24.5. The minimum absolute atomic E-state index is 0.188. The molecular weight excluding hydrogens is 573 g/mol. The molecule has 0 spiro atoms. The lowest BCUT2D eigenvalue weighted by Crippen LogP contribution is -2.40. The molecule has 0 heterocycles. The van der Waals surface area contributed by atoms with Crippen LogP contribution in [0.5, 0.6) is 17.2 Å². The fourth-order valence-electron chi connectivity index (χ4n) is 4.27. The fraction of sp³-hybridized carbons (Fsp3) is 0.212. The molecule has 0 aliphatic heterocycles. The summed E-state index contributed by atoms with van der Waals surface area (Å²) in [6, 6.07) is 22.2. The third kappa shape index (κ3) is 8.39. The normalized spacial score (nSPS) is 11.7. The number of carbonyl (C=O) groups is 2. The first-order valence-electron chi connectivity index (χ1n) is 13.4. The predicted octanol–water partition coefficient (Wildman–Crippen LogP) is 7.84. The summed E-state index contributed by atoms with van der Waals surface area (Å²) < 4.78 is 30.8. The number of carbonyl (C=O) groups excluding carboxylic acids is 2. The van der Waals surface area contributed by atoms with Crippen LogP contribution in [0, 0.1) is 5.82 Å². The zero-order valence-corrected chi connectivity index (χ0v) is 25.2. The van der Waals surface area contributed by atoms with E-state index in [0.29, 0.717) is 39.0 Å². The Morgan fingerprint density at radius 2 is 1.40 bits per heavy atom. The molecule has 0 bridgehead atoms. The average molecular weight is 606 g/mol. The molecule has 8 nitrogen and oxygen atoms in total. The van der Waals surface area contributed by atoms with E-state index < -0.39 is 23.6 Å². The van der Waals surface area contributed by atoms with Crippen molar-refractivity contribution < 1.29 is 28.2 Å². The Morgan fingerprint density at radius 1 is 0.767 bits per heavy atom. The van der Waals surface area contributed by atoms with E-state index in [4.69, 9.17) is 25.8 Å². The summed E-state index contributed by atoms with van der Waals surface area (Å²) >= 11 is 6.28. The van der Waals surface area contributed by atoms with E-state index in [9.17, 15) is 14.0 Å². The van der Waals surface area contributed by atoms with Crippen LogP contribution in [0.2, 0.25) is 5.02 Å². The quantitative estimate of drug-likeness (QED) is 0.181. The van der Waals surface area contributed by atoms with E-state index in [0.717, 1.165) is 0 Å². The maximum Gasteiger partial charge on any atom is 0.323 e. The monoisotopic (exact) mass is 605 g/mol. The van der Waals surface area contributed by atoms with Gasteiger partial charge in [-0.25, -0.2) is 9.18 Å². The van der Waals surface area contributed by atoms with E-state index in [1.54, 1.807) is 60.7 Å². The number of urea groups is 1. The molecule has 4 aromatic carbocycles. The molecule has 224 valence electrons. The Kier molecular flexibility index (Phi) is 9.77. The number of hydrogen-bond donors (Lipinski definition) is 3. The van der Waals surface area contributed by atoms with Crippen molar-refractivity contribution in [3.63, 3.8) is 0 Å². The molecule has 0 saturated carbocycles. The Balaban J connectivity index is 1.66. The number of benzene rings is 4. The van der Waals surface area contributed by atoms with Gasteiger partial charge in [0.15, 0.2) is 11.5 Å². The van der Waals surface area contributed by atoms with Crippen LogP contribution >= 0.6 is 11.6 Å². The summed E-state index contributed by atoms with van der Waals surface area (Å²) in [5, 5.41) is 8.94. The smallest absolute Gasteiger partial charge is 0.323 e. The average Bonchev–Trinajstić information content (AvgIpc) is 2.96. The van der Waals surface area contributed by atoms with Gasteiger partial charge in [-0.1, -0.05) is 35.9 Å². The standard InChI is InChI=1S/C33H33ClFN3O5/c1-33(2,3)38-31(39)26-18-24(36-32(40)37-25-14-16-28(41-4)29(19-25)42-5)13-15-27(26)43-30(20-9-11-23(35)12-10-20)21-7-6-8-22(34)17-21/h6-19,30H,1-5H3,(H,38,39)(H2,36,37,40). The Bertz CT molecular complexity index is 1610. The molecule has 1 unspecified atom stereocenters. The van der Waals surface area contributed by atoms with Gasteiger partial charge in [-0.2, -0.15) is 0 Å². The van der Waals surface area contributed by atoms with Crippen molar-refractivity contribution >= 4 is 34.9 Å². The van der Waals surface area contributed by atoms with Crippen molar-refractivity contribution in [1.82, 2.24) is 5.32 Å². The second kappa shape index (κ2) is 13.5. The van der Waals surface area contributed by atoms with Crippen molar-refractivity contribution in [3.8, 4) is 17.2 Å². The van der Waals surface area contributed by atoms with E-state index in [1.807, 2.05) is 26.8 Å². The van der Waals surface area contributed by atoms with Crippen LogP contribution < -0.4 is 30.2 Å². The van der Waals surface area contributed by atoms with Crippen LogP contribution in [0.4, 0.5) is 20.6 Å². The van der Waals surface area contributed by atoms with Crippen LogP contribution in [-0.2, 0) is 0 Å². The van der Waals surface area contributed by atoms with Crippen molar-refractivity contribution in [1.29, 1.82) is 0 Å². The summed E-state index contributed by atoms with van der Waals surface area (Å²) in [6.07, 6.45) is -0.715. The second-order valence-electron chi connectivity index (χ2n) is 10.7. The molecule has 4 rings (SSSR count). The summed E-state index contributed by atoms with van der Waals surface area (Å²) in [5.74, 6) is 0.437. The van der Waals surface area contributed by atoms with Gasteiger partial charge in [-0.05, 0) is 86.5 Å². The van der Waals surface area contributed by atoms with Crippen LogP contribution in [0.25, 0.3) is 0 Å². The predicted molar refractivity (Wildman–Crippen MR) is 166 cm³/mol. The number of hydrogen-bond acceptors (Lipinski definition) is 5. The van der Waals surface area contributed by atoms with Gasteiger partial charge in [-0.3, -0.25) is 4.79 Å². The van der Waals surface area contributed by atoms with Crippen LogP contribution in [0.15, 0.2) is 84.9 Å². The molecule has 1 atom stereocenters. The second-order valence-corrected chi connectivity index (χ2v) is 11.1. The highest BCUT2D eigenvalue weighted by molar-refractivity contribution is 6.30. The summed E-state index contributed by atoms with van der Waals surface area (Å²) in [4.78, 5) is 26.3. The van der Waals surface area contributed by atoms with Gasteiger partial charge in [-0.15, -0.1) is 0 Å². The van der Waals surface area contributed by atoms with E-state index in [1.165, 1.54) is 32.4 Å². The number of methoxy groups -OCH3 is 2. The van der Waals surface area contributed by atoms with Crippen molar-refractivity contribution in [2.75, 3.05) is 24.9 Å². The van der Waals surface area contributed by atoms with Gasteiger partial charge in [0.25, 0.3) is 5.91 Å². The maximum absolute atomic E-state index is 13.8. The lowest BCUT2D eigenvalue weighted by Gasteiger charge is -2.25. The highest BCUT2D eigenvalue weighted by Crippen LogP contribution is 2.34.